The van der Waals surface area contributed by atoms with Crippen LogP contribution in [0.5, 0.6) is 0 Å². The van der Waals surface area contributed by atoms with Gasteiger partial charge in [-0.25, -0.2) is 0 Å². The Morgan fingerprint density at radius 3 is 1.54 bits per heavy atom. The normalized spacial score (nSPS) is 11.3. The van der Waals surface area contributed by atoms with Crippen molar-refractivity contribution >= 4 is 43.6 Å². The summed E-state index contributed by atoms with van der Waals surface area (Å²) in [7, 11) is 0. The summed E-state index contributed by atoms with van der Waals surface area (Å²) in [6, 6.07) is 59.0. The minimum absolute atomic E-state index is 0.574. The van der Waals surface area contributed by atoms with Gasteiger partial charge in [-0.15, -0.1) is 0 Å². The second-order valence-electron chi connectivity index (χ2n) is 12.0. The van der Waals surface area contributed by atoms with Crippen LogP contribution in [-0.4, -0.2) is 9.13 Å². The first-order valence-corrected chi connectivity index (χ1v) is 15.9. The fourth-order valence-electron chi connectivity index (χ4n) is 7.34. The maximum absolute atomic E-state index is 10.6. The molecule has 0 amide bonds. The quantitative estimate of drug-likeness (QED) is 0.199. The van der Waals surface area contributed by atoms with Gasteiger partial charge in [-0.05, 0) is 71.3 Å². The van der Waals surface area contributed by atoms with E-state index in [1.165, 1.54) is 10.8 Å². The molecule has 0 aliphatic carbocycles. The SMILES string of the molecule is N#Cc1ccc2c(c1)c1ccccc1n2-c1ccc(-c2ccccc2-c2ccccc2-n2c3ccccc3c3ccccc32)cc1C#N. The lowest BCUT2D eigenvalue weighted by Crippen LogP contribution is -1.99. The van der Waals surface area contributed by atoms with Gasteiger partial charge in [0.05, 0.1) is 50.6 Å². The average molecular weight is 611 g/mol. The zero-order valence-corrected chi connectivity index (χ0v) is 25.8. The van der Waals surface area contributed by atoms with Crippen LogP contribution in [0.4, 0.5) is 0 Å². The third-order valence-corrected chi connectivity index (χ3v) is 9.41. The van der Waals surface area contributed by atoms with Crippen LogP contribution in [-0.2, 0) is 0 Å². The number of nitriles is 2. The molecule has 48 heavy (non-hydrogen) atoms. The van der Waals surface area contributed by atoms with Gasteiger partial charge in [0.1, 0.15) is 6.07 Å². The Labute approximate surface area is 277 Å². The van der Waals surface area contributed by atoms with E-state index in [0.717, 1.165) is 66.5 Å². The molecule has 0 fully saturated rings. The number of hydrogen-bond acceptors (Lipinski definition) is 2. The Morgan fingerprint density at radius 2 is 0.896 bits per heavy atom. The van der Waals surface area contributed by atoms with Crippen LogP contribution in [0.2, 0.25) is 0 Å². The molecule has 222 valence electrons. The summed E-state index contributed by atoms with van der Waals surface area (Å²) < 4.78 is 4.50. The molecule has 0 saturated heterocycles. The maximum Gasteiger partial charge on any atom is 0.101 e. The zero-order valence-electron chi connectivity index (χ0n) is 25.8. The van der Waals surface area contributed by atoms with E-state index >= 15 is 0 Å². The lowest BCUT2D eigenvalue weighted by atomic mass is 9.92. The first-order valence-electron chi connectivity index (χ1n) is 15.9. The molecule has 0 aliphatic heterocycles. The molecule has 7 aromatic carbocycles. The fraction of sp³-hybridized carbons (Fsp3) is 0. The van der Waals surface area contributed by atoms with Crippen LogP contribution >= 0.6 is 0 Å². The summed E-state index contributed by atoms with van der Waals surface area (Å²) >= 11 is 0. The number of fused-ring (bicyclic) bond motifs is 6. The molecule has 0 unspecified atom stereocenters. The fourth-order valence-corrected chi connectivity index (χ4v) is 7.34. The Balaban J connectivity index is 1.24. The minimum atomic E-state index is 0.574. The number of aromatic nitrogens is 2. The topological polar surface area (TPSA) is 57.4 Å². The van der Waals surface area contributed by atoms with Gasteiger partial charge in [-0.1, -0.05) is 103 Å². The molecule has 4 nitrogen and oxygen atoms in total. The summed E-state index contributed by atoms with van der Waals surface area (Å²) in [4.78, 5) is 0. The van der Waals surface area contributed by atoms with E-state index in [0.29, 0.717) is 11.1 Å². The summed E-state index contributed by atoms with van der Waals surface area (Å²) in [5.41, 5.74) is 11.6. The van der Waals surface area contributed by atoms with Crippen LogP contribution in [0.25, 0.3) is 77.2 Å². The highest BCUT2D eigenvalue weighted by molar-refractivity contribution is 6.11. The predicted octanol–water partition coefficient (Wildman–Crippen LogP) is 11.0. The minimum Gasteiger partial charge on any atom is -0.309 e. The Hall–Kier alpha value is -6.88. The van der Waals surface area contributed by atoms with Crippen molar-refractivity contribution in [2.45, 2.75) is 0 Å². The van der Waals surface area contributed by atoms with Gasteiger partial charge >= 0.3 is 0 Å². The summed E-state index contributed by atoms with van der Waals surface area (Å²) in [5, 5.41) is 24.6. The first-order chi connectivity index (χ1) is 23.7. The Kier molecular flexibility index (Phi) is 6.22. The average Bonchev–Trinajstić information content (AvgIpc) is 3.67. The van der Waals surface area contributed by atoms with Gasteiger partial charge in [0, 0.05) is 27.1 Å². The number of benzene rings is 7. The van der Waals surface area contributed by atoms with Crippen molar-refractivity contribution in [2.75, 3.05) is 0 Å². The molecular formula is C44H26N4. The lowest BCUT2D eigenvalue weighted by molar-refractivity contribution is 1.17. The number of rotatable bonds is 4. The maximum atomic E-state index is 10.6. The van der Waals surface area contributed by atoms with E-state index in [1.807, 2.05) is 42.5 Å². The molecule has 9 rings (SSSR count). The molecule has 0 atom stereocenters. The smallest absolute Gasteiger partial charge is 0.101 e. The van der Waals surface area contributed by atoms with Gasteiger partial charge in [0.2, 0.25) is 0 Å². The number of nitrogens with zero attached hydrogens (tertiary/aromatic N) is 4. The van der Waals surface area contributed by atoms with E-state index < -0.39 is 0 Å². The van der Waals surface area contributed by atoms with Crippen LogP contribution in [0.3, 0.4) is 0 Å². The second-order valence-corrected chi connectivity index (χ2v) is 12.0. The third-order valence-electron chi connectivity index (χ3n) is 9.41. The molecule has 2 aromatic heterocycles. The molecule has 0 aliphatic rings. The highest BCUT2D eigenvalue weighted by Gasteiger charge is 2.19. The molecule has 4 heteroatoms. The van der Waals surface area contributed by atoms with Crippen LogP contribution in [0, 0.1) is 22.7 Å². The monoisotopic (exact) mass is 610 g/mol. The third kappa shape index (κ3) is 4.07. The number of hydrogen-bond donors (Lipinski definition) is 0. The number of para-hydroxylation sites is 4. The second kappa shape index (κ2) is 10.9. The molecule has 0 radical (unpaired) electrons. The van der Waals surface area contributed by atoms with Gasteiger partial charge in [0.15, 0.2) is 0 Å². The summed E-state index contributed by atoms with van der Waals surface area (Å²) in [6.07, 6.45) is 0. The molecular weight excluding hydrogens is 585 g/mol. The van der Waals surface area contributed by atoms with E-state index in [1.54, 1.807) is 0 Å². The molecule has 0 spiro atoms. The predicted molar refractivity (Wildman–Crippen MR) is 195 cm³/mol. The van der Waals surface area contributed by atoms with Gasteiger partial charge < -0.3 is 9.13 Å². The van der Waals surface area contributed by atoms with E-state index in [4.69, 9.17) is 0 Å². The van der Waals surface area contributed by atoms with Crippen molar-refractivity contribution in [3.8, 4) is 45.8 Å². The van der Waals surface area contributed by atoms with Crippen molar-refractivity contribution in [1.29, 1.82) is 10.5 Å². The van der Waals surface area contributed by atoms with Crippen LogP contribution in [0.15, 0.2) is 158 Å². The van der Waals surface area contributed by atoms with E-state index in [2.05, 4.69) is 137 Å². The standard InChI is InChI=1S/C44H26N4/c45-27-29-21-23-44-38(25-29)37-16-6-10-20-43(37)47(44)39-24-22-30(26-31(39)28-46)32-11-1-2-12-33(32)34-13-3-7-17-40(34)48-41-18-8-4-14-35(41)36-15-5-9-19-42(36)48/h1-26H. The van der Waals surface area contributed by atoms with Crippen molar-refractivity contribution in [1.82, 2.24) is 9.13 Å². The Morgan fingerprint density at radius 1 is 0.375 bits per heavy atom. The van der Waals surface area contributed by atoms with Crippen molar-refractivity contribution < 1.29 is 0 Å². The summed E-state index contributed by atoms with van der Waals surface area (Å²) in [6.45, 7) is 0. The van der Waals surface area contributed by atoms with Gasteiger partial charge in [0.25, 0.3) is 0 Å². The van der Waals surface area contributed by atoms with Crippen molar-refractivity contribution in [2.24, 2.45) is 0 Å². The van der Waals surface area contributed by atoms with Crippen molar-refractivity contribution in [3.63, 3.8) is 0 Å². The van der Waals surface area contributed by atoms with E-state index in [9.17, 15) is 10.5 Å². The molecule has 0 bridgehead atoms. The zero-order chi connectivity index (χ0) is 32.2. The van der Waals surface area contributed by atoms with Crippen LogP contribution in [0.1, 0.15) is 11.1 Å². The molecule has 2 heterocycles. The van der Waals surface area contributed by atoms with Crippen molar-refractivity contribution in [3.05, 3.63) is 169 Å². The highest BCUT2D eigenvalue weighted by Crippen LogP contribution is 2.41. The lowest BCUT2D eigenvalue weighted by Gasteiger charge is -2.17. The molecule has 0 saturated carbocycles. The van der Waals surface area contributed by atoms with Gasteiger partial charge in [-0.3, -0.25) is 0 Å². The first kappa shape index (κ1) is 27.4. The highest BCUT2D eigenvalue weighted by atomic mass is 15.0. The van der Waals surface area contributed by atoms with Gasteiger partial charge in [-0.2, -0.15) is 10.5 Å². The molecule has 9 aromatic rings. The Bertz CT molecular complexity index is 2760. The van der Waals surface area contributed by atoms with E-state index in [-0.39, 0.29) is 0 Å². The largest absolute Gasteiger partial charge is 0.309 e. The summed E-state index contributed by atoms with van der Waals surface area (Å²) in [5.74, 6) is 0. The van der Waals surface area contributed by atoms with Crippen LogP contribution < -0.4 is 0 Å². The molecule has 0 N–H and O–H groups in total.